The molecule has 22 heavy (non-hydrogen) atoms. The second kappa shape index (κ2) is 10.2. The summed E-state index contributed by atoms with van der Waals surface area (Å²) < 4.78 is 4.74. The Hall–Kier alpha value is -1.59. The number of hydrogen-bond donors (Lipinski definition) is 2. The minimum Gasteiger partial charge on any atom is -0.467 e. The highest BCUT2D eigenvalue weighted by Crippen LogP contribution is 2.14. The van der Waals surface area contributed by atoms with Crippen LogP contribution in [0.3, 0.4) is 0 Å². The molecule has 0 heterocycles. The van der Waals surface area contributed by atoms with Crippen molar-refractivity contribution in [1.82, 2.24) is 5.32 Å². The first-order chi connectivity index (χ1) is 9.99. The second-order valence-corrected chi connectivity index (χ2v) is 5.18. The Bertz CT molecular complexity index is 468. The molecule has 3 atom stereocenters. The maximum Gasteiger partial charge on any atom is 0.328 e. The van der Waals surface area contributed by atoms with Gasteiger partial charge < -0.3 is 15.8 Å². The first-order valence-electron chi connectivity index (χ1n) is 7.17. The normalized spacial score (nSPS) is 14.2. The second-order valence-electron chi connectivity index (χ2n) is 5.18. The van der Waals surface area contributed by atoms with Crippen molar-refractivity contribution in [3.05, 3.63) is 35.9 Å². The number of nitrogens with one attached hydrogen (secondary N) is 1. The summed E-state index contributed by atoms with van der Waals surface area (Å²) in [5.41, 5.74) is 6.91. The van der Waals surface area contributed by atoms with E-state index in [0.29, 0.717) is 0 Å². The standard InChI is InChI=1S/C16H24N2O3.ClH/c1-4-11(2)15(16(20)21-3)18-14(19)10-13(17)12-8-6-5-7-9-12;/h5-9,11,13,15H,4,10,17H2,1-3H3,(H,18,19);1H/t11-,13?,15-;/m0./s1. The number of nitrogens with two attached hydrogens (primary N) is 1. The third-order valence-electron chi connectivity index (χ3n) is 3.62. The molecule has 0 aromatic heterocycles. The Morgan fingerprint density at radius 1 is 1.27 bits per heavy atom. The van der Waals surface area contributed by atoms with Crippen molar-refractivity contribution >= 4 is 24.3 Å². The first kappa shape index (κ1) is 20.4. The first-order valence-corrected chi connectivity index (χ1v) is 7.17. The third-order valence-corrected chi connectivity index (χ3v) is 3.62. The highest BCUT2D eigenvalue weighted by atomic mass is 35.5. The summed E-state index contributed by atoms with van der Waals surface area (Å²) >= 11 is 0. The lowest BCUT2D eigenvalue weighted by Crippen LogP contribution is -2.46. The van der Waals surface area contributed by atoms with Gasteiger partial charge in [-0.25, -0.2) is 4.79 Å². The Morgan fingerprint density at radius 2 is 1.86 bits per heavy atom. The van der Waals surface area contributed by atoms with E-state index in [0.717, 1.165) is 12.0 Å². The van der Waals surface area contributed by atoms with Gasteiger partial charge in [-0.05, 0) is 11.5 Å². The van der Waals surface area contributed by atoms with Gasteiger partial charge in [0.2, 0.25) is 5.91 Å². The third kappa shape index (κ3) is 6.03. The summed E-state index contributed by atoms with van der Waals surface area (Å²) in [7, 11) is 1.32. The van der Waals surface area contributed by atoms with Gasteiger partial charge in [0.05, 0.1) is 7.11 Å². The lowest BCUT2D eigenvalue weighted by atomic mass is 9.98. The molecule has 0 saturated heterocycles. The molecule has 0 radical (unpaired) electrons. The molecule has 5 nitrogen and oxygen atoms in total. The number of rotatable bonds is 7. The van der Waals surface area contributed by atoms with E-state index >= 15 is 0 Å². The minimum absolute atomic E-state index is 0. The molecular formula is C16H25ClN2O3. The highest BCUT2D eigenvalue weighted by Gasteiger charge is 2.27. The smallest absolute Gasteiger partial charge is 0.328 e. The summed E-state index contributed by atoms with van der Waals surface area (Å²) in [6.45, 7) is 3.86. The average Bonchev–Trinajstić information content (AvgIpc) is 2.51. The van der Waals surface area contributed by atoms with E-state index in [1.807, 2.05) is 44.2 Å². The van der Waals surface area contributed by atoms with E-state index in [1.54, 1.807) is 0 Å². The number of hydrogen-bond acceptors (Lipinski definition) is 4. The van der Waals surface area contributed by atoms with Gasteiger partial charge in [0, 0.05) is 12.5 Å². The van der Waals surface area contributed by atoms with Crippen LogP contribution >= 0.6 is 12.4 Å². The quantitative estimate of drug-likeness (QED) is 0.752. The summed E-state index contributed by atoms with van der Waals surface area (Å²) in [5, 5.41) is 2.73. The maximum atomic E-state index is 12.1. The number of methoxy groups -OCH3 is 1. The number of halogens is 1. The van der Waals surface area contributed by atoms with Crippen LogP contribution in [0, 0.1) is 5.92 Å². The van der Waals surface area contributed by atoms with Gasteiger partial charge >= 0.3 is 5.97 Å². The van der Waals surface area contributed by atoms with Crippen molar-refractivity contribution in [2.45, 2.75) is 38.8 Å². The lowest BCUT2D eigenvalue weighted by molar-refractivity contribution is -0.146. The molecule has 1 aromatic rings. The van der Waals surface area contributed by atoms with Crippen LogP contribution in [0.15, 0.2) is 30.3 Å². The van der Waals surface area contributed by atoms with E-state index < -0.39 is 12.0 Å². The molecule has 1 amide bonds. The number of carbonyl (C=O) groups excluding carboxylic acids is 2. The van der Waals surface area contributed by atoms with Crippen molar-refractivity contribution in [2.75, 3.05) is 7.11 Å². The Labute approximate surface area is 138 Å². The molecule has 0 fully saturated rings. The fourth-order valence-corrected chi connectivity index (χ4v) is 2.05. The highest BCUT2D eigenvalue weighted by molar-refractivity contribution is 5.85. The molecule has 124 valence electrons. The van der Waals surface area contributed by atoms with Crippen LogP contribution in [0.4, 0.5) is 0 Å². The lowest BCUT2D eigenvalue weighted by Gasteiger charge is -2.22. The fourth-order valence-electron chi connectivity index (χ4n) is 2.05. The van der Waals surface area contributed by atoms with Crippen LogP contribution in [0.25, 0.3) is 0 Å². The Kier molecular flexibility index (Phi) is 9.45. The Morgan fingerprint density at radius 3 is 2.36 bits per heavy atom. The number of amides is 1. The van der Waals surface area contributed by atoms with E-state index in [-0.39, 0.29) is 36.7 Å². The van der Waals surface area contributed by atoms with Crippen LogP contribution in [0.1, 0.15) is 38.3 Å². The molecule has 1 aromatic carbocycles. The summed E-state index contributed by atoms with van der Waals surface area (Å²) in [5.74, 6) is -0.664. The minimum atomic E-state index is -0.629. The van der Waals surface area contributed by atoms with Gasteiger partial charge in [-0.1, -0.05) is 50.6 Å². The maximum absolute atomic E-state index is 12.1. The van der Waals surface area contributed by atoms with Crippen LogP contribution in [0.2, 0.25) is 0 Å². The predicted octanol–water partition coefficient (Wildman–Crippen LogP) is 2.20. The monoisotopic (exact) mass is 328 g/mol. The topological polar surface area (TPSA) is 81.4 Å². The average molecular weight is 329 g/mol. The predicted molar refractivity (Wildman–Crippen MR) is 88.6 cm³/mol. The SMILES string of the molecule is CC[C@H](C)[C@H](NC(=O)CC(N)c1ccccc1)C(=O)OC.Cl. The largest absolute Gasteiger partial charge is 0.467 e. The number of esters is 1. The number of benzene rings is 1. The van der Waals surface area contributed by atoms with Crippen molar-refractivity contribution in [3.8, 4) is 0 Å². The van der Waals surface area contributed by atoms with E-state index in [4.69, 9.17) is 10.5 Å². The molecule has 1 rings (SSSR count). The number of ether oxygens (including phenoxy) is 1. The summed E-state index contributed by atoms with van der Waals surface area (Å²) in [6, 6.07) is 8.39. The van der Waals surface area contributed by atoms with E-state index in [2.05, 4.69) is 5.32 Å². The molecule has 1 unspecified atom stereocenters. The van der Waals surface area contributed by atoms with Gasteiger partial charge in [-0.2, -0.15) is 0 Å². The van der Waals surface area contributed by atoms with Crippen molar-refractivity contribution < 1.29 is 14.3 Å². The van der Waals surface area contributed by atoms with Gasteiger partial charge in [-0.3, -0.25) is 4.79 Å². The fraction of sp³-hybridized carbons (Fsp3) is 0.500. The molecule has 6 heteroatoms. The molecule has 3 N–H and O–H groups in total. The van der Waals surface area contributed by atoms with E-state index in [9.17, 15) is 9.59 Å². The van der Waals surface area contributed by atoms with Gasteiger partial charge in [0.15, 0.2) is 0 Å². The zero-order valence-electron chi connectivity index (χ0n) is 13.2. The van der Waals surface area contributed by atoms with Crippen molar-refractivity contribution in [1.29, 1.82) is 0 Å². The van der Waals surface area contributed by atoms with Crippen molar-refractivity contribution in [2.24, 2.45) is 11.7 Å². The molecule has 0 aliphatic heterocycles. The van der Waals surface area contributed by atoms with Crippen LogP contribution in [0.5, 0.6) is 0 Å². The van der Waals surface area contributed by atoms with Gasteiger partial charge in [-0.15, -0.1) is 12.4 Å². The van der Waals surface area contributed by atoms with Crippen LogP contribution in [-0.4, -0.2) is 25.0 Å². The molecule has 0 saturated carbocycles. The molecule has 0 bridgehead atoms. The molecule has 0 aliphatic rings. The molecule has 0 spiro atoms. The zero-order chi connectivity index (χ0) is 15.8. The zero-order valence-corrected chi connectivity index (χ0v) is 14.1. The van der Waals surface area contributed by atoms with Crippen LogP contribution in [-0.2, 0) is 14.3 Å². The summed E-state index contributed by atoms with van der Waals surface area (Å²) in [4.78, 5) is 23.8. The van der Waals surface area contributed by atoms with Crippen LogP contribution < -0.4 is 11.1 Å². The molecule has 0 aliphatic carbocycles. The van der Waals surface area contributed by atoms with E-state index in [1.165, 1.54) is 7.11 Å². The van der Waals surface area contributed by atoms with Crippen molar-refractivity contribution in [3.63, 3.8) is 0 Å². The number of carbonyl (C=O) groups is 2. The Balaban J connectivity index is 0.00000441. The summed E-state index contributed by atoms with van der Waals surface area (Å²) in [6.07, 6.45) is 0.902. The van der Waals surface area contributed by atoms with Gasteiger partial charge in [0.1, 0.15) is 6.04 Å². The van der Waals surface area contributed by atoms with Gasteiger partial charge in [0.25, 0.3) is 0 Å². The molecular weight excluding hydrogens is 304 g/mol.